The Bertz CT molecular complexity index is 555. The van der Waals surface area contributed by atoms with Crippen molar-refractivity contribution in [2.24, 2.45) is 11.8 Å². The molecule has 1 heterocycles. The van der Waals surface area contributed by atoms with Crippen LogP contribution in [-0.4, -0.2) is 35.7 Å². The van der Waals surface area contributed by atoms with Gasteiger partial charge in [-0.15, -0.1) is 0 Å². The summed E-state index contributed by atoms with van der Waals surface area (Å²) in [5.41, 5.74) is 7.50. The van der Waals surface area contributed by atoms with E-state index in [1.807, 2.05) is 49.9 Å². The molecule has 22 heavy (non-hydrogen) atoms. The number of nitrogens with two attached hydrogens (primary N) is 1. The highest BCUT2D eigenvalue weighted by atomic mass is 16.6. The van der Waals surface area contributed by atoms with Crippen LogP contribution in [0.15, 0.2) is 24.3 Å². The fraction of sp³-hybridized carbons (Fsp3) is 0.588. The van der Waals surface area contributed by atoms with Gasteiger partial charge in [-0.1, -0.05) is 18.2 Å². The van der Waals surface area contributed by atoms with Crippen LogP contribution >= 0.6 is 0 Å². The Morgan fingerprint density at radius 3 is 2.55 bits per heavy atom. The van der Waals surface area contributed by atoms with Crippen molar-refractivity contribution >= 4 is 11.8 Å². The predicted molar refractivity (Wildman–Crippen MR) is 86.3 cm³/mol. The molecule has 120 valence electrons. The molecule has 0 radical (unpaired) electrons. The second-order valence-electron chi connectivity index (χ2n) is 7.32. The van der Waals surface area contributed by atoms with E-state index in [9.17, 15) is 4.79 Å². The standard InChI is InChI=1S/C17H25N3O2/c1-17(2,3)22-16(21)20-9-12-13(10-20)15(12)19-8-11-6-4-5-7-14(11)18/h4-7,12-13,15,19H,8-10,18H2,1-3H3. The third kappa shape index (κ3) is 3.19. The van der Waals surface area contributed by atoms with Crippen LogP contribution in [0.2, 0.25) is 0 Å². The Morgan fingerprint density at radius 1 is 1.32 bits per heavy atom. The van der Waals surface area contributed by atoms with Crippen molar-refractivity contribution in [1.82, 2.24) is 10.2 Å². The molecular formula is C17H25N3O2. The van der Waals surface area contributed by atoms with Gasteiger partial charge in [-0.25, -0.2) is 4.79 Å². The van der Waals surface area contributed by atoms with E-state index in [2.05, 4.69) is 5.32 Å². The Kier molecular flexibility index (Phi) is 3.77. The average molecular weight is 303 g/mol. The van der Waals surface area contributed by atoms with Crippen LogP contribution in [0.4, 0.5) is 10.5 Å². The molecule has 0 spiro atoms. The monoisotopic (exact) mass is 303 g/mol. The minimum Gasteiger partial charge on any atom is -0.444 e. The van der Waals surface area contributed by atoms with Gasteiger partial charge in [-0.3, -0.25) is 0 Å². The van der Waals surface area contributed by atoms with Crippen LogP contribution in [0.25, 0.3) is 0 Å². The van der Waals surface area contributed by atoms with E-state index >= 15 is 0 Å². The second kappa shape index (κ2) is 5.47. The van der Waals surface area contributed by atoms with Crippen LogP contribution < -0.4 is 11.1 Å². The molecule has 1 aromatic rings. The zero-order valence-electron chi connectivity index (χ0n) is 13.5. The van der Waals surface area contributed by atoms with Gasteiger partial charge >= 0.3 is 6.09 Å². The van der Waals surface area contributed by atoms with Gasteiger partial charge < -0.3 is 20.7 Å². The molecule has 1 saturated carbocycles. The van der Waals surface area contributed by atoms with Crippen LogP contribution in [-0.2, 0) is 11.3 Å². The van der Waals surface area contributed by atoms with Crippen LogP contribution in [0.3, 0.4) is 0 Å². The van der Waals surface area contributed by atoms with Crippen molar-refractivity contribution in [3.8, 4) is 0 Å². The summed E-state index contributed by atoms with van der Waals surface area (Å²) in [4.78, 5) is 13.9. The van der Waals surface area contributed by atoms with Gasteiger partial charge in [0, 0.05) is 31.4 Å². The van der Waals surface area contributed by atoms with Gasteiger partial charge in [0.15, 0.2) is 0 Å². The van der Waals surface area contributed by atoms with E-state index < -0.39 is 5.60 Å². The number of hydrogen-bond donors (Lipinski definition) is 2. The first-order chi connectivity index (χ1) is 10.3. The minimum absolute atomic E-state index is 0.189. The van der Waals surface area contributed by atoms with Gasteiger partial charge in [0.2, 0.25) is 0 Å². The first kappa shape index (κ1) is 15.2. The molecule has 2 unspecified atom stereocenters. The molecule has 5 heteroatoms. The van der Waals surface area contributed by atoms with Gasteiger partial charge in [-0.2, -0.15) is 0 Å². The zero-order valence-corrected chi connectivity index (χ0v) is 13.5. The number of likely N-dealkylation sites (tertiary alicyclic amines) is 1. The smallest absolute Gasteiger partial charge is 0.410 e. The van der Waals surface area contributed by atoms with Crippen molar-refractivity contribution in [2.75, 3.05) is 18.8 Å². The summed E-state index contributed by atoms with van der Waals surface area (Å²) in [6, 6.07) is 8.43. The fourth-order valence-electron chi connectivity index (χ4n) is 3.23. The Morgan fingerprint density at radius 2 is 1.95 bits per heavy atom. The van der Waals surface area contributed by atoms with E-state index in [1.54, 1.807) is 0 Å². The molecule has 1 aliphatic heterocycles. The first-order valence-electron chi connectivity index (χ1n) is 7.90. The number of ether oxygens (including phenoxy) is 1. The zero-order chi connectivity index (χ0) is 15.9. The molecular weight excluding hydrogens is 278 g/mol. The van der Waals surface area contributed by atoms with Crippen molar-refractivity contribution < 1.29 is 9.53 Å². The minimum atomic E-state index is -0.424. The Balaban J connectivity index is 1.45. The van der Waals surface area contributed by atoms with E-state index in [-0.39, 0.29) is 6.09 Å². The van der Waals surface area contributed by atoms with Crippen molar-refractivity contribution in [2.45, 2.75) is 39.0 Å². The number of benzene rings is 1. The quantitative estimate of drug-likeness (QED) is 0.840. The highest BCUT2D eigenvalue weighted by molar-refractivity contribution is 5.69. The van der Waals surface area contributed by atoms with E-state index in [1.165, 1.54) is 0 Å². The molecule has 2 atom stereocenters. The van der Waals surface area contributed by atoms with Gasteiger partial charge in [0.25, 0.3) is 0 Å². The average Bonchev–Trinajstić information content (AvgIpc) is 2.88. The summed E-state index contributed by atoms with van der Waals surface area (Å²) in [5.74, 6) is 1.11. The first-order valence-corrected chi connectivity index (χ1v) is 7.90. The second-order valence-corrected chi connectivity index (χ2v) is 7.32. The van der Waals surface area contributed by atoms with Crippen LogP contribution in [0.5, 0.6) is 0 Å². The molecule has 1 saturated heterocycles. The summed E-state index contributed by atoms with van der Waals surface area (Å²) in [6.07, 6.45) is -0.189. The number of amides is 1. The maximum atomic E-state index is 12.0. The number of carbonyl (C=O) groups is 1. The SMILES string of the molecule is CC(C)(C)OC(=O)N1CC2C(C1)C2NCc1ccccc1N. The number of carbonyl (C=O) groups excluding carboxylic acids is 1. The highest BCUT2D eigenvalue weighted by Gasteiger charge is 2.56. The third-order valence-electron chi connectivity index (χ3n) is 4.43. The largest absolute Gasteiger partial charge is 0.444 e. The molecule has 0 aromatic heterocycles. The topological polar surface area (TPSA) is 67.6 Å². The van der Waals surface area contributed by atoms with E-state index in [0.29, 0.717) is 17.9 Å². The fourth-order valence-corrected chi connectivity index (χ4v) is 3.23. The predicted octanol–water partition coefficient (Wildman–Crippen LogP) is 2.22. The van der Waals surface area contributed by atoms with Crippen LogP contribution in [0, 0.1) is 11.8 Å². The normalized spacial score (nSPS) is 26.7. The molecule has 1 amide bonds. The van der Waals surface area contributed by atoms with E-state index in [4.69, 9.17) is 10.5 Å². The Hall–Kier alpha value is -1.75. The molecule has 3 rings (SSSR count). The van der Waals surface area contributed by atoms with Gasteiger partial charge in [0.05, 0.1) is 0 Å². The van der Waals surface area contributed by atoms with Crippen molar-refractivity contribution in [3.63, 3.8) is 0 Å². The molecule has 0 bridgehead atoms. The number of piperidine rings is 1. The number of fused-ring (bicyclic) bond motifs is 1. The highest BCUT2D eigenvalue weighted by Crippen LogP contribution is 2.46. The molecule has 1 aromatic carbocycles. The number of nitrogens with one attached hydrogen (secondary N) is 1. The number of rotatable bonds is 3. The lowest BCUT2D eigenvalue weighted by Crippen LogP contribution is -2.39. The molecule has 2 fully saturated rings. The van der Waals surface area contributed by atoms with Crippen LogP contribution in [0.1, 0.15) is 26.3 Å². The lowest BCUT2D eigenvalue weighted by molar-refractivity contribution is 0.0269. The third-order valence-corrected chi connectivity index (χ3v) is 4.43. The number of para-hydroxylation sites is 1. The molecule has 1 aliphatic carbocycles. The maximum absolute atomic E-state index is 12.0. The van der Waals surface area contributed by atoms with Crippen molar-refractivity contribution in [1.29, 1.82) is 0 Å². The number of nitrogen functional groups attached to an aromatic ring is 1. The number of nitrogens with zero attached hydrogens (tertiary/aromatic N) is 1. The van der Waals surface area contributed by atoms with E-state index in [0.717, 1.165) is 30.9 Å². The summed E-state index contributed by atoms with van der Waals surface area (Å²) in [7, 11) is 0. The van der Waals surface area contributed by atoms with Crippen molar-refractivity contribution in [3.05, 3.63) is 29.8 Å². The van der Waals surface area contributed by atoms with Gasteiger partial charge in [-0.05, 0) is 44.2 Å². The summed E-state index contributed by atoms with van der Waals surface area (Å²) < 4.78 is 5.42. The molecule has 5 nitrogen and oxygen atoms in total. The lowest BCUT2D eigenvalue weighted by Gasteiger charge is -2.26. The summed E-state index contributed by atoms with van der Waals surface area (Å²) >= 11 is 0. The molecule has 2 aliphatic rings. The summed E-state index contributed by atoms with van der Waals surface area (Å²) in [5, 5.41) is 3.56. The maximum Gasteiger partial charge on any atom is 0.410 e. The number of anilines is 1. The van der Waals surface area contributed by atoms with Gasteiger partial charge in [0.1, 0.15) is 5.60 Å². The molecule has 3 N–H and O–H groups in total. The number of hydrogen-bond acceptors (Lipinski definition) is 4. The summed E-state index contributed by atoms with van der Waals surface area (Å²) in [6.45, 7) is 8.07. The lowest BCUT2D eigenvalue weighted by atomic mass is 10.2. The Labute approximate surface area is 131 Å².